The first kappa shape index (κ1) is 29.5. The van der Waals surface area contributed by atoms with Gasteiger partial charge in [-0.25, -0.2) is 0 Å². The van der Waals surface area contributed by atoms with Crippen LogP contribution in [0.25, 0.3) is 22.3 Å². The van der Waals surface area contributed by atoms with E-state index >= 15 is 0 Å². The Balaban J connectivity index is 2.17. The first-order valence-electron chi connectivity index (χ1n) is 13.3. The van der Waals surface area contributed by atoms with Crippen molar-refractivity contribution in [2.24, 2.45) is 0 Å². The molecule has 0 aliphatic rings. The lowest BCUT2D eigenvalue weighted by Crippen LogP contribution is -2.20. The molecule has 0 unspecified atom stereocenters. The van der Waals surface area contributed by atoms with E-state index in [9.17, 15) is 30.0 Å². The van der Waals surface area contributed by atoms with Crippen LogP contribution >= 0.6 is 0 Å². The summed E-state index contributed by atoms with van der Waals surface area (Å²) in [6, 6.07) is 13.5. The van der Waals surface area contributed by atoms with Crippen LogP contribution in [0.1, 0.15) is 76.1 Å². The number of ether oxygens (including phenoxy) is 1. The summed E-state index contributed by atoms with van der Waals surface area (Å²) in [6.45, 7) is 11.7. The maximum absolute atomic E-state index is 13.3. The molecule has 8 nitrogen and oxygen atoms in total. The maximum Gasteiger partial charge on any atom is 0.306 e. The molecular formula is C33H36O8. The van der Waals surface area contributed by atoms with Crippen LogP contribution in [0.3, 0.4) is 0 Å². The zero-order valence-electron chi connectivity index (χ0n) is 24.3. The first-order valence-corrected chi connectivity index (χ1v) is 13.3. The minimum Gasteiger partial charge on any atom is -0.507 e. The fourth-order valence-corrected chi connectivity index (χ4v) is 5.08. The van der Waals surface area contributed by atoms with E-state index in [0.29, 0.717) is 22.3 Å². The predicted octanol–water partition coefficient (Wildman–Crippen LogP) is 6.57. The number of aromatic hydroxyl groups is 4. The molecule has 0 aliphatic heterocycles. The van der Waals surface area contributed by atoms with E-state index in [2.05, 4.69) is 0 Å². The number of esters is 1. The van der Waals surface area contributed by atoms with Gasteiger partial charge in [-0.15, -0.1) is 0 Å². The Morgan fingerprint density at radius 1 is 0.829 bits per heavy atom. The Kier molecular flexibility index (Phi) is 7.56. The van der Waals surface area contributed by atoms with Gasteiger partial charge < -0.3 is 29.6 Å². The minimum atomic E-state index is -1.01. The molecule has 0 spiro atoms. The Labute approximate surface area is 238 Å². The zero-order chi connectivity index (χ0) is 30.4. The van der Waals surface area contributed by atoms with Gasteiger partial charge in [0.25, 0.3) is 0 Å². The molecule has 0 saturated heterocycles. The summed E-state index contributed by atoms with van der Waals surface area (Å²) in [4.78, 5) is 26.1. The molecule has 8 heteroatoms. The standard InChI is InChI=1S/C33H36O8/c1-32(2,3)20-13-18(14-21(27(20)36)33(4,5)6)19(15-24(35)40-7)25-28(37)30(39)29(38)26-22(34)16-23(41-31(25)26)17-11-9-8-10-12-17/h8-14,16,19,36-39H,15H2,1-7H3/t19-/m0/s1. The van der Waals surface area contributed by atoms with Crippen LogP contribution in [-0.2, 0) is 20.4 Å². The fourth-order valence-electron chi connectivity index (χ4n) is 5.08. The minimum absolute atomic E-state index is 0.0685. The Bertz CT molecular complexity index is 1650. The molecule has 4 rings (SSSR count). The summed E-state index contributed by atoms with van der Waals surface area (Å²) in [5, 5.41) is 43.7. The number of hydrogen-bond acceptors (Lipinski definition) is 8. The third kappa shape index (κ3) is 5.46. The van der Waals surface area contributed by atoms with E-state index in [1.807, 2.05) is 41.5 Å². The van der Waals surface area contributed by atoms with Crippen molar-refractivity contribution in [1.29, 1.82) is 0 Å². The molecule has 0 aliphatic carbocycles. The quantitative estimate of drug-likeness (QED) is 0.159. The summed E-state index contributed by atoms with van der Waals surface area (Å²) in [5.41, 5.74) is 0.380. The summed E-state index contributed by atoms with van der Waals surface area (Å²) < 4.78 is 11.2. The summed E-state index contributed by atoms with van der Waals surface area (Å²) >= 11 is 0. The number of methoxy groups -OCH3 is 1. The van der Waals surface area contributed by atoms with E-state index in [1.165, 1.54) is 13.2 Å². The summed E-state index contributed by atoms with van der Waals surface area (Å²) in [5.74, 6) is -3.82. The molecule has 0 fully saturated rings. The molecule has 216 valence electrons. The van der Waals surface area contributed by atoms with Crippen molar-refractivity contribution in [2.75, 3.05) is 7.11 Å². The number of phenols is 4. The molecule has 0 saturated carbocycles. The van der Waals surface area contributed by atoms with Crippen molar-refractivity contribution in [3.05, 3.63) is 81.0 Å². The van der Waals surface area contributed by atoms with Crippen molar-refractivity contribution in [2.45, 2.75) is 64.7 Å². The van der Waals surface area contributed by atoms with E-state index in [1.54, 1.807) is 42.5 Å². The van der Waals surface area contributed by atoms with Gasteiger partial charge in [-0.3, -0.25) is 9.59 Å². The maximum atomic E-state index is 13.3. The van der Waals surface area contributed by atoms with Crippen LogP contribution in [0.2, 0.25) is 0 Å². The van der Waals surface area contributed by atoms with Crippen LogP contribution < -0.4 is 5.43 Å². The molecule has 1 aromatic heterocycles. The lowest BCUT2D eigenvalue weighted by molar-refractivity contribution is -0.140. The molecule has 0 radical (unpaired) electrons. The van der Waals surface area contributed by atoms with Crippen molar-refractivity contribution in [1.82, 2.24) is 0 Å². The smallest absolute Gasteiger partial charge is 0.306 e. The number of carbonyl (C=O) groups is 1. The van der Waals surface area contributed by atoms with Gasteiger partial charge in [-0.2, -0.15) is 0 Å². The van der Waals surface area contributed by atoms with Gasteiger partial charge in [0.2, 0.25) is 5.75 Å². The Morgan fingerprint density at radius 2 is 1.39 bits per heavy atom. The van der Waals surface area contributed by atoms with Gasteiger partial charge in [0, 0.05) is 23.1 Å². The van der Waals surface area contributed by atoms with Gasteiger partial charge in [0.1, 0.15) is 22.5 Å². The molecule has 0 amide bonds. The van der Waals surface area contributed by atoms with Crippen molar-refractivity contribution >= 4 is 16.9 Å². The molecule has 1 heterocycles. The van der Waals surface area contributed by atoms with Crippen molar-refractivity contribution in [3.63, 3.8) is 0 Å². The largest absolute Gasteiger partial charge is 0.507 e. The third-order valence-electron chi connectivity index (χ3n) is 7.29. The van der Waals surface area contributed by atoms with Crippen molar-refractivity contribution in [3.8, 4) is 34.3 Å². The van der Waals surface area contributed by atoms with E-state index < -0.39 is 45.4 Å². The molecule has 41 heavy (non-hydrogen) atoms. The van der Waals surface area contributed by atoms with Crippen molar-refractivity contribution < 1.29 is 34.4 Å². The van der Waals surface area contributed by atoms with Gasteiger partial charge in [-0.05, 0) is 27.5 Å². The number of hydrogen-bond donors (Lipinski definition) is 4. The highest BCUT2D eigenvalue weighted by Gasteiger charge is 2.34. The molecular weight excluding hydrogens is 524 g/mol. The molecule has 4 aromatic rings. The van der Waals surface area contributed by atoms with Crippen LogP contribution in [-0.4, -0.2) is 33.5 Å². The first-order chi connectivity index (χ1) is 19.1. The fraction of sp³-hybridized carbons (Fsp3) is 0.333. The van der Waals surface area contributed by atoms with Crippen LogP contribution in [0.4, 0.5) is 0 Å². The number of fused-ring (bicyclic) bond motifs is 1. The second kappa shape index (κ2) is 10.5. The SMILES string of the molecule is COC(=O)C[C@@H](c1cc(C(C)(C)C)c(O)c(C(C)(C)C)c1)c1c(O)c(O)c(O)c2c(=O)cc(-c3ccccc3)oc12. The monoisotopic (exact) mass is 560 g/mol. The summed E-state index contributed by atoms with van der Waals surface area (Å²) in [6.07, 6.45) is -0.305. The lowest BCUT2D eigenvalue weighted by atomic mass is 9.75. The van der Waals surface area contributed by atoms with E-state index in [-0.39, 0.29) is 34.5 Å². The Morgan fingerprint density at radius 3 is 1.90 bits per heavy atom. The number of rotatable bonds is 5. The second-order valence-electron chi connectivity index (χ2n) is 12.3. The van der Waals surface area contributed by atoms with Crippen LogP contribution in [0.15, 0.2) is 57.7 Å². The zero-order valence-corrected chi connectivity index (χ0v) is 24.3. The average Bonchev–Trinajstić information content (AvgIpc) is 2.90. The number of carbonyl (C=O) groups excluding carboxylic acids is 1. The normalized spacial score (nSPS) is 12.9. The van der Waals surface area contributed by atoms with E-state index in [0.717, 1.165) is 0 Å². The number of benzene rings is 3. The second-order valence-corrected chi connectivity index (χ2v) is 12.3. The highest BCUT2D eigenvalue weighted by molar-refractivity contribution is 5.93. The van der Waals surface area contributed by atoms with E-state index in [4.69, 9.17) is 9.15 Å². The van der Waals surface area contributed by atoms with Gasteiger partial charge in [0.05, 0.1) is 13.5 Å². The van der Waals surface area contributed by atoms with Crippen LogP contribution in [0, 0.1) is 0 Å². The molecule has 4 N–H and O–H groups in total. The molecule has 3 aromatic carbocycles. The number of phenolic OH excluding ortho intramolecular Hbond substituents is 4. The van der Waals surface area contributed by atoms with Gasteiger partial charge >= 0.3 is 5.97 Å². The third-order valence-corrected chi connectivity index (χ3v) is 7.29. The van der Waals surface area contributed by atoms with Gasteiger partial charge in [-0.1, -0.05) is 84.0 Å². The van der Waals surface area contributed by atoms with Gasteiger partial charge in [0.15, 0.2) is 16.9 Å². The topological polar surface area (TPSA) is 137 Å². The average molecular weight is 561 g/mol. The highest BCUT2D eigenvalue weighted by atomic mass is 16.5. The molecule has 0 bridgehead atoms. The highest BCUT2D eigenvalue weighted by Crippen LogP contribution is 2.51. The lowest BCUT2D eigenvalue weighted by Gasteiger charge is -2.30. The Hall–Kier alpha value is -4.46. The van der Waals surface area contributed by atoms with Crippen LogP contribution in [0.5, 0.6) is 23.0 Å². The predicted molar refractivity (Wildman–Crippen MR) is 157 cm³/mol. The summed E-state index contributed by atoms with van der Waals surface area (Å²) in [7, 11) is 1.23. The molecule has 1 atom stereocenters.